The second-order valence-corrected chi connectivity index (χ2v) is 5.83. The van der Waals surface area contributed by atoms with E-state index < -0.39 is 0 Å². The number of methoxy groups -OCH3 is 1. The zero-order chi connectivity index (χ0) is 13.1. The number of ether oxygens (including phenoxy) is 1. The SMILES string of the molecule is COCCNCc1sc(-c2ccco2)nc1C1CC1. The first-order valence-electron chi connectivity index (χ1n) is 6.61. The number of hydrogen-bond acceptors (Lipinski definition) is 5. The standard InChI is InChI=1S/C14H18N2O2S/c1-17-8-6-15-9-12-13(10-4-5-10)16-14(19-12)11-3-2-7-18-11/h2-3,7,10,15H,4-6,8-9H2,1H3. The number of thiazole rings is 1. The summed E-state index contributed by atoms with van der Waals surface area (Å²) in [5, 5.41) is 4.39. The van der Waals surface area contributed by atoms with Crippen molar-refractivity contribution >= 4 is 11.3 Å². The predicted octanol–water partition coefficient (Wildman–Crippen LogP) is 3.02. The fourth-order valence-electron chi connectivity index (χ4n) is 2.05. The molecule has 102 valence electrons. The number of furan rings is 1. The molecule has 2 aromatic heterocycles. The third-order valence-electron chi connectivity index (χ3n) is 3.19. The van der Waals surface area contributed by atoms with Gasteiger partial charge in [-0.15, -0.1) is 11.3 Å². The lowest BCUT2D eigenvalue weighted by atomic mass is 10.2. The van der Waals surface area contributed by atoms with Crippen LogP contribution in [0.3, 0.4) is 0 Å². The first kappa shape index (κ1) is 12.8. The van der Waals surface area contributed by atoms with Gasteiger partial charge in [0, 0.05) is 31.0 Å². The molecule has 4 nitrogen and oxygen atoms in total. The van der Waals surface area contributed by atoms with Crippen LogP contribution in [0.25, 0.3) is 10.8 Å². The Morgan fingerprint density at radius 1 is 1.53 bits per heavy atom. The summed E-state index contributed by atoms with van der Waals surface area (Å²) in [6.45, 7) is 2.48. The smallest absolute Gasteiger partial charge is 0.162 e. The molecule has 0 radical (unpaired) electrons. The number of nitrogens with one attached hydrogen (secondary N) is 1. The van der Waals surface area contributed by atoms with E-state index >= 15 is 0 Å². The Labute approximate surface area is 116 Å². The van der Waals surface area contributed by atoms with Crippen molar-refractivity contribution in [3.05, 3.63) is 29.0 Å². The summed E-state index contributed by atoms with van der Waals surface area (Å²) in [4.78, 5) is 6.11. The van der Waals surface area contributed by atoms with Gasteiger partial charge in [-0.05, 0) is 25.0 Å². The van der Waals surface area contributed by atoms with Crippen molar-refractivity contribution in [3.8, 4) is 10.8 Å². The zero-order valence-corrected chi connectivity index (χ0v) is 11.8. The van der Waals surface area contributed by atoms with Crippen LogP contribution in [0.5, 0.6) is 0 Å². The van der Waals surface area contributed by atoms with Crippen LogP contribution in [0.2, 0.25) is 0 Å². The highest BCUT2D eigenvalue weighted by Crippen LogP contribution is 2.44. The Morgan fingerprint density at radius 3 is 3.11 bits per heavy atom. The molecular weight excluding hydrogens is 260 g/mol. The molecule has 0 aromatic carbocycles. The summed E-state index contributed by atoms with van der Waals surface area (Å²) < 4.78 is 10.5. The van der Waals surface area contributed by atoms with Crippen LogP contribution in [0.4, 0.5) is 0 Å². The summed E-state index contributed by atoms with van der Waals surface area (Å²) in [6.07, 6.45) is 4.24. The summed E-state index contributed by atoms with van der Waals surface area (Å²) in [5.74, 6) is 1.54. The fraction of sp³-hybridized carbons (Fsp3) is 0.500. The molecule has 2 aromatic rings. The van der Waals surface area contributed by atoms with Gasteiger partial charge in [-0.2, -0.15) is 0 Å². The zero-order valence-electron chi connectivity index (χ0n) is 11.0. The Bertz CT molecular complexity index is 518. The van der Waals surface area contributed by atoms with Crippen molar-refractivity contribution in [1.29, 1.82) is 0 Å². The minimum absolute atomic E-state index is 0.666. The minimum Gasteiger partial charge on any atom is -0.462 e. The van der Waals surface area contributed by atoms with E-state index in [2.05, 4.69) is 5.32 Å². The molecule has 5 heteroatoms. The highest BCUT2D eigenvalue weighted by molar-refractivity contribution is 7.15. The maximum absolute atomic E-state index is 5.44. The van der Waals surface area contributed by atoms with Gasteiger partial charge in [-0.25, -0.2) is 4.98 Å². The van der Waals surface area contributed by atoms with Crippen LogP contribution in [-0.2, 0) is 11.3 Å². The van der Waals surface area contributed by atoms with E-state index in [0.717, 1.165) is 30.5 Å². The van der Waals surface area contributed by atoms with Crippen molar-refractivity contribution in [3.63, 3.8) is 0 Å². The normalized spacial score (nSPS) is 15.0. The van der Waals surface area contributed by atoms with Crippen molar-refractivity contribution in [2.24, 2.45) is 0 Å². The summed E-state index contributed by atoms with van der Waals surface area (Å²) >= 11 is 1.74. The molecule has 0 atom stereocenters. The van der Waals surface area contributed by atoms with Gasteiger partial charge in [0.2, 0.25) is 0 Å². The van der Waals surface area contributed by atoms with Gasteiger partial charge in [0.15, 0.2) is 10.8 Å². The average molecular weight is 278 g/mol. The lowest BCUT2D eigenvalue weighted by Gasteiger charge is -2.03. The Kier molecular flexibility index (Phi) is 3.96. The van der Waals surface area contributed by atoms with Gasteiger partial charge in [0.05, 0.1) is 18.6 Å². The maximum Gasteiger partial charge on any atom is 0.162 e. The number of rotatable bonds is 7. The summed E-state index contributed by atoms with van der Waals surface area (Å²) in [5.41, 5.74) is 1.27. The molecule has 0 saturated heterocycles. The van der Waals surface area contributed by atoms with Crippen LogP contribution >= 0.6 is 11.3 Å². The van der Waals surface area contributed by atoms with Crippen LogP contribution in [0.15, 0.2) is 22.8 Å². The fourth-order valence-corrected chi connectivity index (χ4v) is 3.13. The third-order valence-corrected chi connectivity index (χ3v) is 4.28. The van der Waals surface area contributed by atoms with Crippen LogP contribution < -0.4 is 5.32 Å². The van der Waals surface area contributed by atoms with Gasteiger partial charge in [-0.1, -0.05) is 0 Å². The largest absolute Gasteiger partial charge is 0.462 e. The highest BCUT2D eigenvalue weighted by atomic mass is 32.1. The van der Waals surface area contributed by atoms with Crippen molar-refractivity contribution in [2.75, 3.05) is 20.3 Å². The lowest BCUT2D eigenvalue weighted by Crippen LogP contribution is -2.18. The van der Waals surface area contributed by atoms with Crippen LogP contribution in [-0.4, -0.2) is 25.2 Å². The molecule has 1 N–H and O–H groups in total. The monoisotopic (exact) mass is 278 g/mol. The molecule has 0 aliphatic heterocycles. The van der Waals surface area contributed by atoms with Gasteiger partial charge < -0.3 is 14.5 Å². The lowest BCUT2D eigenvalue weighted by molar-refractivity contribution is 0.199. The Morgan fingerprint density at radius 2 is 2.42 bits per heavy atom. The second-order valence-electron chi connectivity index (χ2n) is 4.75. The molecule has 0 amide bonds. The van der Waals surface area contributed by atoms with E-state index in [1.54, 1.807) is 24.7 Å². The first-order valence-corrected chi connectivity index (χ1v) is 7.43. The third kappa shape index (κ3) is 3.05. The molecule has 1 aliphatic rings. The van der Waals surface area contributed by atoms with E-state index in [9.17, 15) is 0 Å². The van der Waals surface area contributed by atoms with Crippen molar-refractivity contribution < 1.29 is 9.15 Å². The van der Waals surface area contributed by atoms with Crippen molar-refractivity contribution in [1.82, 2.24) is 10.3 Å². The molecule has 0 spiro atoms. The van der Waals surface area contributed by atoms with Gasteiger partial charge in [0.1, 0.15) is 0 Å². The van der Waals surface area contributed by atoms with E-state index in [1.165, 1.54) is 23.4 Å². The number of nitrogens with zero attached hydrogens (tertiary/aromatic N) is 1. The molecule has 3 rings (SSSR count). The molecule has 0 bridgehead atoms. The van der Waals surface area contributed by atoms with E-state index in [4.69, 9.17) is 14.1 Å². The van der Waals surface area contributed by atoms with Gasteiger partial charge in [-0.3, -0.25) is 0 Å². The van der Waals surface area contributed by atoms with Gasteiger partial charge >= 0.3 is 0 Å². The van der Waals surface area contributed by atoms with Crippen LogP contribution in [0.1, 0.15) is 29.3 Å². The van der Waals surface area contributed by atoms with E-state index in [-0.39, 0.29) is 0 Å². The van der Waals surface area contributed by atoms with E-state index in [0.29, 0.717) is 5.92 Å². The minimum atomic E-state index is 0.666. The summed E-state index contributed by atoms with van der Waals surface area (Å²) in [7, 11) is 1.72. The predicted molar refractivity (Wildman–Crippen MR) is 75.4 cm³/mol. The Balaban J connectivity index is 1.74. The van der Waals surface area contributed by atoms with Crippen molar-refractivity contribution in [2.45, 2.75) is 25.3 Å². The van der Waals surface area contributed by atoms with Crippen LogP contribution in [0, 0.1) is 0 Å². The first-order chi connectivity index (χ1) is 9.38. The summed E-state index contributed by atoms with van der Waals surface area (Å²) in [6, 6.07) is 3.88. The molecule has 2 heterocycles. The second kappa shape index (κ2) is 5.86. The molecule has 1 saturated carbocycles. The maximum atomic E-state index is 5.44. The van der Waals surface area contributed by atoms with Gasteiger partial charge in [0.25, 0.3) is 0 Å². The quantitative estimate of drug-likeness (QED) is 0.791. The Hall–Kier alpha value is -1.17. The molecular formula is C14H18N2O2S. The molecule has 1 fully saturated rings. The number of aromatic nitrogens is 1. The highest BCUT2D eigenvalue weighted by Gasteiger charge is 2.30. The molecule has 19 heavy (non-hydrogen) atoms. The number of hydrogen-bond donors (Lipinski definition) is 1. The molecule has 1 aliphatic carbocycles. The average Bonchev–Trinajstić information content (AvgIpc) is 2.96. The topological polar surface area (TPSA) is 47.3 Å². The van der Waals surface area contributed by atoms with E-state index in [1.807, 2.05) is 12.1 Å². The molecule has 0 unspecified atom stereocenters.